The van der Waals surface area contributed by atoms with Crippen LogP contribution in [0.25, 0.3) is 6.08 Å². The van der Waals surface area contributed by atoms with Gasteiger partial charge in [-0.2, -0.15) is 0 Å². The van der Waals surface area contributed by atoms with E-state index in [1.54, 1.807) is 0 Å². The Labute approximate surface area is 78.6 Å². The van der Waals surface area contributed by atoms with E-state index in [0.717, 1.165) is 10.6 Å². The minimum atomic E-state index is -1.83. The summed E-state index contributed by atoms with van der Waals surface area (Å²) in [5, 5.41) is 15.7. The average molecular weight is 193 g/mol. The van der Waals surface area contributed by atoms with Crippen molar-refractivity contribution in [3.8, 4) is 0 Å². The molecule has 0 bridgehead atoms. The van der Waals surface area contributed by atoms with Gasteiger partial charge in [0.2, 0.25) is 0 Å². The molecule has 0 atom stereocenters. The highest BCUT2D eigenvalue weighted by molar-refractivity contribution is 6.06. The first-order valence-electron chi connectivity index (χ1n) is 3.71. The van der Waals surface area contributed by atoms with E-state index in [4.69, 9.17) is 15.0 Å². The second kappa shape index (κ2) is 4.18. The van der Waals surface area contributed by atoms with Crippen molar-refractivity contribution in [1.82, 2.24) is 0 Å². The third kappa shape index (κ3) is 2.71. The van der Waals surface area contributed by atoms with Crippen LogP contribution < -0.4 is 10.6 Å². The first kappa shape index (κ1) is 9.91. The lowest BCUT2D eigenvalue weighted by molar-refractivity contribution is -0.112. The van der Waals surface area contributed by atoms with Gasteiger partial charge in [0, 0.05) is 11.3 Å². The molecule has 1 heterocycles. The van der Waals surface area contributed by atoms with E-state index >= 15 is 0 Å². The van der Waals surface area contributed by atoms with Gasteiger partial charge in [-0.15, -0.1) is 0 Å². The number of hydrogen-bond acceptors (Lipinski definition) is 2. The summed E-state index contributed by atoms with van der Waals surface area (Å²) in [4.78, 5) is 23.0. The van der Waals surface area contributed by atoms with Crippen LogP contribution in [0.3, 0.4) is 0 Å². The van der Waals surface area contributed by atoms with Crippen LogP contribution in [-0.2, 0) is 4.79 Å². The zero-order chi connectivity index (χ0) is 10.6. The van der Waals surface area contributed by atoms with Gasteiger partial charge < -0.3 is 10.2 Å². The van der Waals surface area contributed by atoms with E-state index < -0.39 is 6.16 Å². The van der Waals surface area contributed by atoms with Crippen LogP contribution in [0.5, 0.6) is 0 Å². The zero-order valence-corrected chi connectivity index (χ0v) is 7.04. The van der Waals surface area contributed by atoms with Gasteiger partial charge in [-0.3, -0.25) is 4.79 Å². The minimum Gasteiger partial charge on any atom is -0.450 e. The average Bonchev–Trinajstić information content (AvgIpc) is 2.42. The number of para-hydroxylation sites is 1. The van der Waals surface area contributed by atoms with Crippen molar-refractivity contribution < 1.29 is 19.8 Å². The smallest absolute Gasteiger partial charge is 0.450 e. The summed E-state index contributed by atoms with van der Waals surface area (Å²) in [6.45, 7) is 0. The number of benzene rings is 1. The number of carboxylic acid groups (broad SMARTS) is 2. The van der Waals surface area contributed by atoms with E-state index in [9.17, 15) is 4.79 Å². The molecule has 0 aliphatic carbocycles. The van der Waals surface area contributed by atoms with Gasteiger partial charge in [-0.05, 0) is 6.07 Å². The number of nitrogens with zero attached hydrogens (tertiary/aromatic N) is 1. The summed E-state index contributed by atoms with van der Waals surface area (Å²) < 4.78 is 0. The molecule has 0 fully saturated rings. The molecule has 5 nitrogen and oxygen atoms in total. The Morgan fingerprint density at radius 3 is 2.36 bits per heavy atom. The lowest BCUT2D eigenvalue weighted by Gasteiger charge is -1.77. The van der Waals surface area contributed by atoms with Gasteiger partial charge in [0.05, 0.1) is 5.36 Å². The number of hydrogen-bond donors (Lipinski definition) is 2. The molecule has 5 heteroatoms. The van der Waals surface area contributed by atoms with Crippen LogP contribution in [0, 0.1) is 0 Å². The Hall–Kier alpha value is -2.17. The lowest BCUT2D eigenvalue weighted by Crippen LogP contribution is -2.19. The summed E-state index contributed by atoms with van der Waals surface area (Å²) in [6, 6.07) is 7.47. The summed E-state index contributed by atoms with van der Waals surface area (Å²) in [7, 11) is 0. The molecule has 72 valence electrons. The Bertz CT molecular complexity index is 437. The third-order valence-electron chi connectivity index (χ3n) is 1.45. The highest BCUT2D eigenvalue weighted by Gasteiger charge is 1.99. The molecule has 0 aromatic heterocycles. The topological polar surface area (TPSA) is 87.0 Å². The quantitative estimate of drug-likeness (QED) is 0.599. The highest BCUT2D eigenvalue weighted by atomic mass is 16.6. The van der Waals surface area contributed by atoms with Crippen LogP contribution in [0.15, 0.2) is 29.3 Å². The summed E-state index contributed by atoms with van der Waals surface area (Å²) in [5.41, 5.74) is 0. The minimum absolute atomic E-state index is 0.152. The zero-order valence-electron chi connectivity index (χ0n) is 7.04. The van der Waals surface area contributed by atoms with Crippen molar-refractivity contribution >= 4 is 18.1 Å². The van der Waals surface area contributed by atoms with Crippen molar-refractivity contribution in [3.63, 3.8) is 0 Å². The number of rotatable bonds is 0. The maximum absolute atomic E-state index is 10.7. The second-order valence-corrected chi connectivity index (χ2v) is 2.44. The summed E-state index contributed by atoms with van der Waals surface area (Å²) in [5.74, 6) is -0.152. The van der Waals surface area contributed by atoms with E-state index in [0.29, 0.717) is 0 Å². The molecule has 0 radical (unpaired) electrons. The molecule has 1 amide bonds. The predicted molar refractivity (Wildman–Crippen MR) is 47.3 cm³/mol. The van der Waals surface area contributed by atoms with Gasteiger partial charge >= 0.3 is 6.16 Å². The van der Waals surface area contributed by atoms with Crippen LogP contribution in [0.4, 0.5) is 4.79 Å². The molecular formula is C9H7NO4. The normalized spacial score (nSPS) is 11.6. The molecule has 0 saturated carbocycles. The van der Waals surface area contributed by atoms with E-state index in [2.05, 4.69) is 4.99 Å². The fourth-order valence-electron chi connectivity index (χ4n) is 0.995. The Morgan fingerprint density at radius 2 is 1.79 bits per heavy atom. The van der Waals surface area contributed by atoms with Gasteiger partial charge in [-0.25, -0.2) is 9.79 Å². The first-order valence-corrected chi connectivity index (χ1v) is 3.71. The molecule has 2 N–H and O–H groups in total. The largest absolute Gasteiger partial charge is 0.503 e. The Kier molecular flexibility index (Phi) is 2.96. The standard InChI is InChI=1S/C8H5NO.CH2O3/c10-8-5-6-3-1-2-4-7(6)9-8;2-1(3)4/h1-5H;(H2,2,3,4). The van der Waals surface area contributed by atoms with Crippen LogP contribution >= 0.6 is 0 Å². The van der Waals surface area contributed by atoms with E-state index in [1.165, 1.54) is 6.08 Å². The predicted octanol–water partition coefficient (Wildman–Crippen LogP) is -0.151. The number of amides is 1. The van der Waals surface area contributed by atoms with Crippen molar-refractivity contribution in [3.05, 3.63) is 34.8 Å². The maximum atomic E-state index is 10.7. The molecule has 14 heavy (non-hydrogen) atoms. The molecule has 2 rings (SSSR count). The van der Waals surface area contributed by atoms with Crippen molar-refractivity contribution in [2.45, 2.75) is 0 Å². The number of fused-ring (bicyclic) bond motifs is 1. The number of carbonyl (C=O) groups excluding carboxylic acids is 1. The molecule has 1 aromatic carbocycles. The van der Waals surface area contributed by atoms with E-state index in [1.807, 2.05) is 24.3 Å². The van der Waals surface area contributed by atoms with Gasteiger partial charge in [-0.1, -0.05) is 18.2 Å². The van der Waals surface area contributed by atoms with Gasteiger partial charge in [0.25, 0.3) is 5.91 Å². The molecule has 0 spiro atoms. The molecule has 1 aromatic rings. The van der Waals surface area contributed by atoms with Crippen molar-refractivity contribution in [2.24, 2.45) is 4.99 Å². The summed E-state index contributed by atoms with van der Waals surface area (Å²) in [6.07, 6.45) is -0.296. The van der Waals surface area contributed by atoms with E-state index in [-0.39, 0.29) is 5.91 Å². The second-order valence-electron chi connectivity index (χ2n) is 2.44. The Balaban J connectivity index is 0.000000213. The van der Waals surface area contributed by atoms with Crippen LogP contribution in [-0.4, -0.2) is 22.3 Å². The van der Waals surface area contributed by atoms with Crippen molar-refractivity contribution in [1.29, 1.82) is 0 Å². The van der Waals surface area contributed by atoms with Crippen LogP contribution in [0.1, 0.15) is 0 Å². The fourth-order valence-corrected chi connectivity index (χ4v) is 0.995. The lowest BCUT2D eigenvalue weighted by atomic mass is 10.3. The first-order chi connectivity index (χ1) is 6.59. The van der Waals surface area contributed by atoms with Crippen LogP contribution in [0.2, 0.25) is 0 Å². The fraction of sp³-hybridized carbons (Fsp3) is 0. The van der Waals surface area contributed by atoms with Gasteiger partial charge in [0.1, 0.15) is 0 Å². The third-order valence-corrected chi connectivity index (χ3v) is 1.45. The molecule has 1 aliphatic rings. The SMILES string of the molecule is O=C(O)O.O=C1C=c2ccccc2=N1. The Morgan fingerprint density at radius 1 is 1.21 bits per heavy atom. The molecular weight excluding hydrogens is 186 g/mol. The van der Waals surface area contributed by atoms with Crippen molar-refractivity contribution in [2.75, 3.05) is 0 Å². The molecule has 0 saturated heterocycles. The monoisotopic (exact) mass is 193 g/mol. The van der Waals surface area contributed by atoms with Gasteiger partial charge in [0.15, 0.2) is 0 Å². The summed E-state index contributed by atoms with van der Waals surface area (Å²) >= 11 is 0. The highest BCUT2D eigenvalue weighted by Crippen LogP contribution is 1.81. The molecule has 1 aliphatic heterocycles. The number of carbonyl (C=O) groups is 2. The maximum Gasteiger partial charge on any atom is 0.503 e. The molecule has 0 unspecified atom stereocenters.